The Morgan fingerprint density at radius 2 is 1.85 bits per heavy atom. The summed E-state index contributed by atoms with van der Waals surface area (Å²) in [6, 6.07) is 15.6. The van der Waals surface area contributed by atoms with Crippen LogP contribution in [-0.2, 0) is 10.0 Å². The molecule has 0 aliphatic heterocycles. The molecule has 0 fully saturated rings. The van der Waals surface area contributed by atoms with E-state index < -0.39 is 15.9 Å². The summed E-state index contributed by atoms with van der Waals surface area (Å²) in [6.07, 6.45) is 1.46. The number of methoxy groups -OCH3 is 1. The highest BCUT2D eigenvalue weighted by Gasteiger charge is 2.28. The van der Waals surface area contributed by atoms with E-state index in [0.717, 1.165) is 8.78 Å². The van der Waals surface area contributed by atoms with Gasteiger partial charge in [-0.1, -0.05) is 57.3 Å². The number of rotatable bonds is 8. The fourth-order valence-corrected chi connectivity index (χ4v) is 5.42. The van der Waals surface area contributed by atoms with Crippen LogP contribution >= 0.6 is 39.1 Å². The number of para-hydroxylation sites is 2. The highest BCUT2D eigenvalue weighted by atomic mass is 79.9. The van der Waals surface area contributed by atoms with Crippen molar-refractivity contribution in [1.82, 2.24) is 0 Å². The second-order valence-electron chi connectivity index (χ2n) is 6.72. The van der Waals surface area contributed by atoms with Gasteiger partial charge in [0.25, 0.3) is 15.9 Å². The number of amides is 1. The number of nitrogens with zero attached hydrogens (tertiary/aromatic N) is 1. The number of anilines is 2. The molecule has 0 atom stereocenters. The van der Waals surface area contributed by atoms with Crippen molar-refractivity contribution in [2.24, 2.45) is 0 Å². The van der Waals surface area contributed by atoms with Gasteiger partial charge in [-0.25, -0.2) is 8.42 Å². The van der Waals surface area contributed by atoms with Crippen molar-refractivity contribution >= 4 is 66.4 Å². The molecule has 1 N–H and O–H groups in total. The first-order chi connectivity index (χ1) is 15.7. The monoisotopic (exact) mass is 568 g/mol. The van der Waals surface area contributed by atoms with Crippen LogP contribution in [0.2, 0.25) is 10.0 Å². The van der Waals surface area contributed by atoms with E-state index in [1.54, 1.807) is 42.5 Å². The number of sulfonamides is 1. The van der Waals surface area contributed by atoms with Crippen LogP contribution < -0.4 is 14.4 Å². The average Bonchev–Trinajstić information content (AvgIpc) is 2.79. The maximum absolute atomic E-state index is 13.5. The Kier molecular flexibility index (Phi) is 8.07. The molecule has 1 amide bonds. The number of carbonyl (C=O) groups excluding carboxylic acids is 1. The number of nitrogens with one attached hydrogen (secondary N) is 1. The van der Waals surface area contributed by atoms with Gasteiger partial charge in [-0.15, -0.1) is 6.58 Å². The molecule has 0 spiro atoms. The Labute approximate surface area is 211 Å². The third-order valence-electron chi connectivity index (χ3n) is 4.60. The molecule has 3 rings (SSSR count). The lowest BCUT2D eigenvalue weighted by Gasteiger charge is -2.25. The maximum Gasteiger partial charge on any atom is 0.264 e. The van der Waals surface area contributed by atoms with Crippen LogP contribution in [0.1, 0.15) is 10.4 Å². The Morgan fingerprint density at radius 1 is 1.12 bits per heavy atom. The van der Waals surface area contributed by atoms with Gasteiger partial charge in [-0.05, 0) is 48.5 Å². The van der Waals surface area contributed by atoms with Crippen molar-refractivity contribution < 1.29 is 17.9 Å². The molecule has 10 heteroatoms. The molecule has 0 aromatic heterocycles. The Balaban J connectivity index is 2.02. The summed E-state index contributed by atoms with van der Waals surface area (Å²) in [7, 11) is -2.64. The summed E-state index contributed by atoms with van der Waals surface area (Å²) < 4.78 is 34.3. The fourth-order valence-electron chi connectivity index (χ4n) is 3.03. The summed E-state index contributed by atoms with van der Waals surface area (Å²) in [6.45, 7) is 3.65. The smallest absolute Gasteiger partial charge is 0.264 e. The summed E-state index contributed by atoms with van der Waals surface area (Å²) >= 11 is 15.7. The van der Waals surface area contributed by atoms with Crippen LogP contribution in [0.4, 0.5) is 11.4 Å². The molecule has 172 valence electrons. The zero-order valence-corrected chi connectivity index (χ0v) is 21.3. The van der Waals surface area contributed by atoms with Crippen LogP contribution in [0, 0.1) is 0 Å². The molecule has 6 nitrogen and oxygen atoms in total. The highest BCUT2D eigenvalue weighted by molar-refractivity contribution is 9.10. The molecule has 0 aliphatic rings. The minimum Gasteiger partial charge on any atom is -0.495 e. The lowest BCUT2D eigenvalue weighted by molar-refractivity contribution is 0.102. The number of hydrogen-bond donors (Lipinski definition) is 1. The predicted molar refractivity (Wildman–Crippen MR) is 136 cm³/mol. The Morgan fingerprint density at radius 3 is 2.52 bits per heavy atom. The van der Waals surface area contributed by atoms with E-state index in [1.807, 2.05) is 0 Å². The molecule has 0 saturated carbocycles. The zero-order chi connectivity index (χ0) is 24.2. The largest absolute Gasteiger partial charge is 0.495 e. The van der Waals surface area contributed by atoms with E-state index in [0.29, 0.717) is 22.1 Å². The van der Waals surface area contributed by atoms with Crippen molar-refractivity contribution in [3.8, 4) is 5.75 Å². The van der Waals surface area contributed by atoms with Gasteiger partial charge in [0.1, 0.15) is 5.75 Å². The van der Waals surface area contributed by atoms with Crippen molar-refractivity contribution in [1.29, 1.82) is 0 Å². The van der Waals surface area contributed by atoms with Gasteiger partial charge in [-0.2, -0.15) is 0 Å². The number of hydrogen-bond acceptors (Lipinski definition) is 4. The first-order valence-electron chi connectivity index (χ1n) is 9.51. The summed E-state index contributed by atoms with van der Waals surface area (Å²) in [4.78, 5) is 12.8. The molecule has 0 unspecified atom stereocenters. The summed E-state index contributed by atoms with van der Waals surface area (Å²) in [5.41, 5.74) is 0.675. The lowest BCUT2D eigenvalue weighted by Crippen LogP contribution is -2.31. The fraction of sp³-hybridized carbons (Fsp3) is 0.0870. The topological polar surface area (TPSA) is 75.7 Å². The predicted octanol–water partition coefficient (Wildman–Crippen LogP) is 6.40. The van der Waals surface area contributed by atoms with Gasteiger partial charge in [0.2, 0.25) is 0 Å². The highest BCUT2D eigenvalue weighted by Crippen LogP contribution is 2.33. The van der Waals surface area contributed by atoms with E-state index in [1.165, 1.54) is 31.4 Å². The average molecular weight is 570 g/mol. The molecule has 0 bridgehead atoms. The quantitative estimate of drug-likeness (QED) is 0.318. The molecule has 0 saturated heterocycles. The van der Waals surface area contributed by atoms with Crippen molar-refractivity contribution in [3.05, 3.63) is 93.4 Å². The van der Waals surface area contributed by atoms with Crippen LogP contribution in [0.3, 0.4) is 0 Å². The van der Waals surface area contributed by atoms with Gasteiger partial charge in [0.15, 0.2) is 0 Å². The number of benzene rings is 3. The molecule has 0 aliphatic carbocycles. The van der Waals surface area contributed by atoms with E-state index >= 15 is 0 Å². The van der Waals surface area contributed by atoms with Gasteiger partial charge < -0.3 is 10.1 Å². The second kappa shape index (κ2) is 10.6. The third kappa shape index (κ3) is 5.52. The van der Waals surface area contributed by atoms with Gasteiger partial charge in [-0.3, -0.25) is 9.10 Å². The van der Waals surface area contributed by atoms with E-state index in [4.69, 9.17) is 27.9 Å². The summed E-state index contributed by atoms with van der Waals surface area (Å²) in [5, 5.41) is 3.06. The summed E-state index contributed by atoms with van der Waals surface area (Å²) in [5.74, 6) is -0.228. The van der Waals surface area contributed by atoms with Crippen molar-refractivity contribution in [3.63, 3.8) is 0 Å². The first kappa shape index (κ1) is 25.1. The molecule has 33 heavy (non-hydrogen) atoms. The van der Waals surface area contributed by atoms with Crippen LogP contribution in [-0.4, -0.2) is 28.0 Å². The number of halogens is 3. The maximum atomic E-state index is 13.5. The van der Waals surface area contributed by atoms with Crippen LogP contribution in [0.25, 0.3) is 0 Å². The molecular weight excluding hydrogens is 551 g/mol. The Bertz CT molecular complexity index is 1320. The third-order valence-corrected chi connectivity index (χ3v) is 7.51. The van der Waals surface area contributed by atoms with Crippen molar-refractivity contribution in [2.45, 2.75) is 4.90 Å². The second-order valence-corrected chi connectivity index (χ2v) is 10.3. The Hall–Kier alpha value is -2.52. The van der Waals surface area contributed by atoms with Gasteiger partial charge in [0.05, 0.1) is 45.5 Å². The normalized spacial score (nSPS) is 11.0. The zero-order valence-electron chi connectivity index (χ0n) is 17.4. The SMILES string of the molecule is C=CCN(c1ccccc1OC)S(=O)(=O)c1ccc(Cl)c(C(=O)Nc2ccc(Br)cc2Cl)c1. The number of ether oxygens (including phenoxy) is 1. The van der Waals surface area contributed by atoms with E-state index in [2.05, 4.69) is 27.8 Å². The minimum absolute atomic E-state index is 0.0125. The molecule has 3 aromatic carbocycles. The van der Waals surface area contributed by atoms with Crippen LogP contribution in [0.15, 0.2) is 82.7 Å². The van der Waals surface area contributed by atoms with Gasteiger partial charge in [0, 0.05) is 4.47 Å². The standard InChI is InChI=1S/C23H19BrCl2N2O4S/c1-3-12-28(21-6-4-5-7-22(21)32-2)33(30,31)16-9-10-18(25)17(14-16)23(29)27-20-11-8-15(24)13-19(20)26/h3-11,13-14H,1,12H2,2H3,(H,27,29). The molecular formula is C23H19BrCl2N2O4S. The first-order valence-corrected chi connectivity index (χ1v) is 12.5. The van der Waals surface area contributed by atoms with E-state index in [9.17, 15) is 13.2 Å². The minimum atomic E-state index is -4.10. The van der Waals surface area contributed by atoms with Gasteiger partial charge >= 0.3 is 0 Å². The van der Waals surface area contributed by atoms with E-state index in [-0.39, 0.29) is 22.0 Å². The number of carbonyl (C=O) groups is 1. The molecule has 0 radical (unpaired) electrons. The van der Waals surface area contributed by atoms with Crippen LogP contribution in [0.5, 0.6) is 5.75 Å². The molecule has 3 aromatic rings. The molecule has 0 heterocycles. The van der Waals surface area contributed by atoms with Crippen molar-refractivity contribution in [2.75, 3.05) is 23.3 Å². The lowest BCUT2D eigenvalue weighted by atomic mass is 10.2.